The first kappa shape index (κ1) is 9.56. The molecule has 0 atom stereocenters. The van der Waals surface area contributed by atoms with Crippen LogP contribution in [0.4, 0.5) is 0 Å². The Hall–Kier alpha value is -0.530. The molecule has 0 aliphatic rings. The molecule has 0 unspecified atom stereocenters. The minimum absolute atomic E-state index is 0.0587. The van der Waals surface area contributed by atoms with E-state index in [2.05, 4.69) is 0 Å². The van der Waals surface area contributed by atoms with E-state index in [1.54, 1.807) is 0 Å². The zero-order valence-electron chi connectivity index (χ0n) is 7.26. The molecule has 12 heavy (non-hydrogen) atoms. The summed E-state index contributed by atoms with van der Waals surface area (Å²) in [6.45, 7) is 3.94. The third-order valence-electron chi connectivity index (χ3n) is 1.82. The normalized spacial score (nSPS) is 10.8. The van der Waals surface area contributed by atoms with Crippen LogP contribution in [0.15, 0.2) is 18.2 Å². The Balaban J connectivity index is 3.04. The predicted molar refractivity (Wildman–Crippen MR) is 51.3 cm³/mol. The van der Waals surface area contributed by atoms with Gasteiger partial charge in [0.2, 0.25) is 0 Å². The summed E-state index contributed by atoms with van der Waals surface area (Å²) in [5.74, 6) is 0.906. The summed E-state index contributed by atoms with van der Waals surface area (Å²) in [7, 11) is 0. The second-order valence-corrected chi connectivity index (χ2v) is 3.33. The molecule has 0 spiro atoms. The lowest BCUT2D eigenvalue weighted by molar-refractivity contribution is 0.315. The molecule has 2 heteroatoms. The summed E-state index contributed by atoms with van der Waals surface area (Å²) >= 11 is 5.94. The number of aryl methyl sites for hydroxylation is 1. The second-order valence-electron chi connectivity index (χ2n) is 2.92. The fraction of sp³-hybridized carbons (Fsp3) is 0.300. The molecule has 0 fully saturated rings. The molecule has 0 saturated carbocycles. The molecule has 0 bridgehead atoms. The van der Waals surface area contributed by atoms with Crippen molar-refractivity contribution in [2.45, 2.75) is 13.8 Å². The maximum atomic E-state index is 8.91. The first-order valence-corrected chi connectivity index (χ1v) is 4.22. The molecule has 0 aliphatic heterocycles. The second kappa shape index (κ2) is 3.92. The third kappa shape index (κ3) is 1.99. The van der Waals surface area contributed by atoms with E-state index in [-0.39, 0.29) is 6.61 Å². The third-order valence-corrected chi connectivity index (χ3v) is 2.15. The molecule has 1 nitrogen and oxygen atoms in total. The topological polar surface area (TPSA) is 20.2 Å². The van der Waals surface area contributed by atoms with E-state index in [9.17, 15) is 0 Å². The summed E-state index contributed by atoms with van der Waals surface area (Å²) in [6, 6.07) is 5.79. The Morgan fingerprint density at radius 3 is 2.75 bits per heavy atom. The molecule has 1 aromatic rings. The summed E-state index contributed by atoms with van der Waals surface area (Å²) in [5, 5.41) is 9.61. The van der Waals surface area contributed by atoms with Gasteiger partial charge < -0.3 is 5.11 Å². The molecule has 0 aromatic heterocycles. The summed E-state index contributed by atoms with van der Waals surface area (Å²) in [4.78, 5) is 0. The lowest BCUT2D eigenvalue weighted by atomic mass is 10.0. The maximum absolute atomic E-state index is 8.91. The summed E-state index contributed by atoms with van der Waals surface area (Å²) in [6.07, 6.45) is 0. The minimum atomic E-state index is 0.0587. The quantitative estimate of drug-likeness (QED) is 0.748. The highest BCUT2D eigenvalue weighted by Gasteiger charge is 2.08. The van der Waals surface area contributed by atoms with Gasteiger partial charge in [-0.25, -0.2) is 0 Å². The zero-order valence-corrected chi connectivity index (χ0v) is 8.02. The molecule has 65 valence electrons. The van der Waals surface area contributed by atoms with Crippen LogP contribution in [0.5, 0.6) is 0 Å². The van der Waals surface area contributed by atoms with Gasteiger partial charge in [-0.3, -0.25) is 0 Å². The minimum Gasteiger partial charge on any atom is -0.395 e. The Morgan fingerprint density at radius 2 is 2.17 bits per heavy atom. The fourth-order valence-electron chi connectivity index (χ4n) is 1.05. The largest absolute Gasteiger partial charge is 0.395 e. The van der Waals surface area contributed by atoms with Gasteiger partial charge >= 0.3 is 0 Å². The van der Waals surface area contributed by atoms with Crippen LogP contribution >= 0.6 is 11.6 Å². The van der Waals surface area contributed by atoms with Crippen LogP contribution in [-0.4, -0.2) is 11.7 Å². The molecular formula is C10H12ClO. The number of hydrogen-bond donors (Lipinski definition) is 1. The number of hydrogen-bond acceptors (Lipinski definition) is 1. The van der Waals surface area contributed by atoms with Crippen molar-refractivity contribution in [3.05, 3.63) is 40.3 Å². The van der Waals surface area contributed by atoms with Crippen LogP contribution in [0.25, 0.3) is 0 Å². The van der Waals surface area contributed by atoms with Gasteiger partial charge in [-0.05, 0) is 18.6 Å². The van der Waals surface area contributed by atoms with Crippen molar-refractivity contribution in [3.63, 3.8) is 0 Å². The van der Waals surface area contributed by atoms with Gasteiger partial charge in [0, 0.05) is 10.9 Å². The molecule has 0 heterocycles. The van der Waals surface area contributed by atoms with E-state index in [0.29, 0.717) is 5.02 Å². The SMILES string of the molecule is C[C](CO)c1cc(C)ccc1Cl. The standard InChI is InChI=1S/C10H12ClO/c1-7-3-4-10(11)9(5-7)8(2)6-12/h3-5,12H,6H2,1-2H3. The van der Waals surface area contributed by atoms with Gasteiger partial charge in [-0.2, -0.15) is 0 Å². The number of benzene rings is 1. The van der Waals surface area contributed by atoms with Crippen molar-refractivity contribution in [1.82, 2.24) is 0 Å². The monoisotopic (exact) mass is 183 g/mol. The van der Waals surface area contributed by atoms with E-state index >= 15 is 0 Å². The highest BCUT2D eigenvalue weighted by molar-refractivity contribution is 6.31. The van der Waals surface area contributed by atoms with Crippen molar-refractivity contribution in [3.8, 4) is 0 Å². The maximum Gasteiger partial charge on any atom is 0.0535 e. The van der Waals surface area contributed by atoms with E-state index in [1.165, 1.54) is 0 Å². The highest BCUT2D eigenvalue weighted by atomic mass is 35.5. The number of halogens is 1. The Labute approximate surface area is 78.0 Å². The summed E-state index contributed by atoms with van der Waals surface area (Å²) < 4.78 is 0. The molecule has 1 rings (SSSR count). The molecule has 0 aliphatic carbocycles. The first-order chi connectivity index (χ1) is 5.65. The van der Waals surface area contributed by atoms with Crippen molar-refractivity contribution < 1.29 is 5.11 Å². The van der Waals surface area contributed by atoms with Crippen molar-refractivity contribution in [1.29, 1.82) is 0 Å². The molecule has 1 radical (unpaired) electrons. The fourth-order valence-corrected chi connectivity index (χ4v) is 1.33. The molecular weight excluding hydrogens is 172 g/mol. The van der Waals surface area contributed by atoms with E-state index in [1.807, 2.05) is 32.0 Å². The lowest BCUT2D eigenvalue weighted by Gasteiger charge is -2.10. The smallest absolute Gasteiger partial charge is 0.0535 e. The lowest BCUT2D eigenvalue weighted by Crippen LogP contribution is -2.00. The van der Waals surface area contributed by atoms with Crippen molar-refractivity contribution in [2.24, 2.45) is 0 Å². The number of rotatable bonds is 2. The number of aliphatic hydroxyl groups is 1. The van der Waals surface area contributed by atoms with Gasteiger partial charge in [-0.1, -0.05) is 36.2 Å². The van der Waals surface area contributed by atoms with Crippen LogP contribution < -0.4 is 0 Å². The van der Waals surface area contributed by atoms with Crippen LogP contribution in [0.3, 0.4) is 0 Å². The van der Waals surface area contributed by atoms with Gasteiger partial charge in [0.15, 0.2) is 0 Å². The number of aliphatic hydroxyl groups excluding tert-OH is 1. The molecule has 1 aromatic carbocycles. The summed E-state index contributed by atoms with van der Waals surface area (Å²) in [5.41, 5.74) is 2.10. The Morgan fingerprint density at radius 1 is 1.50 bits per heavy atom. The zero-order chi connectivity index (χ0) is 9.14. The van der Waals surface area contributed by atoms with Gasteiger partial charge in [0.05, 0.1) is 6.61 Å². The van der Waals surface area contributed by atoms with Crippen LogP contribution in [-0.2, 0) is 0 Å². The predicted octanol–water partition coefficient (Wildman–Crippen LogP) is 2.58. The van der Waals surface area contributed by atoms with Crippen LogP contribution in [0, 0.1) is 12.8 Å². The molecule has 0 amide bonds. The van der Waals surface area contributed by atoms with E-state index in [0.717, 1.165) is 17.0 Å². The average molecular weight is 184 g/mol. The average Bonchev–Trinajstić information content (AvgIpc) is 2.08. The molecule has 1 N–H and O–H groups in total. The van der Waals surface area contributed by atoms with Gasteiger partial charge in [0.1, 0.15) is 0 Å². The Bertz CT molecular complexity index is 271. The Kier molecular flexibility index (Phi) is 3.12. The van der Waals surface area contributed by atoms with Gasteiger partial charge in [-0.15, -0.1) is 0 Å². The first-order valence-electron chi connectivity index (χ1n) is 3.85. The van der Waals surface area contributed by atoms with Crippen LogP contribution in [0.1, 0.15) is 18.1 Å². The van der Waals surface area contributed by atoms with E-state index < -0.39 is 0 Å². The van der Waals surface area contributed by atoms with Crippen LogP contribution in [0.2, 0.25) is 5.02 Å². The van der Waals surface area contributed by atoms with Crippen molar-refractivity contribution >= 4 is 11.6 Å². The molecule has 0 saturated heterocycles. The van der Waals surface area contributed by atoms with Crippen molar-refractivity contribution in [2.75, 3.05) is 6.61 Å². The van der Waals surface area contributed by atoms with E-state index in [4.69, 9.17) is 16.7 Å². The van der Waals surface area contributed by atoms with Gasteiger partial charge in [0.25, 0.3) is 0 Å². The highest BCUT2D eigenvalue weighted by Crippen LogP contribution is 2.24.